The lowest BCUT2D eigenvalue weighted by molar-refractivity contribution is 0.185. The summed E-state index contributed by atoms with van der Waals surface area (Å²) in [6, 6.07) is 8.70. The number of hydrogen-bond donors (Lipinski definition) is 1. The summed E-state index contributed by atoms with van der Waals surface area (Å²) in [5.41, 5.74) is 9.29. The maximum absolute atomic E-state index is 6.51. The van der Waals surface area contributed by atoms with E-state index in [4.69, 9.17) is 11.6 Å². The van der Waals surface area contributed by atoms with Crippen molar-refractivity contribution >= 4 is 17.3 Å². The Labute approximate surface area is 185 Å². The van der Waals surface area contributed by atoms with Crippen LogP contribution in [0, 0.1) is 6.92 Å². The molecule has 0 amide bonds. The molecule has 4 heteroatoms. The Morgan fingerprint density at radius 1 is 1.23 bits per heavy atom. The molecule has 2 aliphatic rings. The minimum Gasteiger partial charge on any atom is -0.358 e. The number of nitrogens with zero attached hydrogens (tertiary/aromatic N) is 2. The molecule has 1 N–H and O–H groups in total. The number of aryl methyl sites for hydroxylation is 2. The molecule has 0 saturated carbocycles. The van der Waals surface area contributed by atoms with Crippen LogP contribution < -0.4 is 5.32 Å². The Balaban J connectivity index is 1.52. The summed E-state index contributed by atoms with van der Waals surface area (Å²) in [5, 5.41) is 4.56. The summed E-state index contributed by atoms with van der Waals surface area (Å²) in [5.74, 6) is 0. The average Bonchev–Trinajstić information content (AvgIpc) is 2.75. The molecular weight excluding hydrogens is 390 g/mol. The topological polar surface area (TPSA) is 28.2 Å². The molecule has 0 spiro atoms. The fourth-order valence-electron chi connectivity index (χ4n) is 4.74. The molecule has 30 heavy (non-hydrogen) atoms. The van der Waals surface area contributed by atoms with Crippen LogP contribution in [0.1, 0.15) is 55.4 Å². The highest BCUT2D eigenvalue weighted by Crippen LogP contribution is 2.30. The zero-order chi connectivity index (χ0) is 21.1. The number of fused-ring (bicyclic) bond motifs is 1. The number of aromatic nitrogens is 1. The van der Waals surface area contributed by atoms with E-state index in [1.54, 1.807) is 0 Å². The second kappa shape index (κ2) is 9.36. The van der Waals surface area contributed by atoms with Crippen LogP contribution in [0.5, 0.6) is 0 Å². The quantitative estimate of drug-likeness (QED) is 0.649. The summed E-state index contributed by atoms with van der Waals surface area (Å²) in [6.45, 7) is 8.75. The average molecular weight is 422 g/mol. The van der Waals surface area contributed by atoms with Gasteiger partial charge in [0.05, 0.1) is 0 Å². The van der Waals surface area contributed by atoms with Crippen molar-refractivity contribution in [3.63, 3.8) is 0 Å². The van der Waals surface area contributed by atoms with Gasteiger partial charge in [0.25, 0.3) is 0 Å². The zero-order valence-electron chi connectivity index (χ0n) is 18.3. The lowest BCUT2D eigenvalue weighted by atomic mass is 9.85. The van der Waals surface area contributed by atoms with Crippen LogP contribution in [0.25, 0.3) is 5.70 Å². The number of pyridine rings is 1. The summed E-state index contributed by atoms with van der Waals surface area (Å²) in [7, 11) is 0. The molecule has 1 aromatic carbocycles. The molecule has 2 heterocycles. The van der Waals surface area contributed by atoms with E-state index in [0.29, 0.717) is 6.04 Å². The fraction of sp³-hybridized carbons (Fsp3) is 0.423. The summed E-state index contributed by atoms with van der Waals surface area (Å²) in [4.78, 5) is 7.07. The van der Waals surface area contributed by atoms with E-state index in [9.17, 15) is 0 Å². The molecule has 0 saturated heterocycles. The first-order valence-electron chi connectivity index (χ1n) is 11.1. The minimum atomic E-state index is 0.599. The molecule has 0 fully saturated rings. The van der Waals surface area contributed by atoms with E-state index in [1.807, 2.05) is 18.3 Å². The first-order chi connectivity index (χ1) is 14.6. The van der Waals surface area contributed by atoms with Gasteiger partial charge in [-0.15, -0.1) is 0 Å². The van der Waals surface area contributed by atoms with Crippen molar-refractivity contribution in [3.05, 3.63) is 81.3 Å². The molecule has 1 unspecified atom stereocenters. The van der Waals surface area contributed by atoms with E-state index in [-0.39, 0.29) is 0 Å². The first kappa shape index (κ1) is 21.1. The van der Waals surface area contributed by atoms with Crippen LogP contribution in [0.2, 0.25) is 5.02 Å². The van der Waals surface area contributed by atoms with Gasteiger partial charge in [0.2, 0.25) is 0 Å². The third-order valence-corrected chi connectivity index (χ3v) is 6.90. The van der Waals surface area contributed by atoms with Gasteiger partial charge < -0.3 is 5.32 Å². The summed E-state index contributed by atoms with van der Waals surface area (Å²) in [6.07, 6.45) is 11.9. The SMILES string of the molecule is CC/C=C(/NC1=C(C)CCN(C2CCc3cncc(C)c3C2)C1)c1ccccc1Cl. The number of rotatable bonds is 5. The van der Waals surface area contributed by atoms with Gasteiger partial charge in [-0.2, -0.15) is 0 Å². The zero-order valence-corrected chi connectivity index (χ0v) is 19.1. The van der Waals surface area contributed by atoms with Crippen LogP contribution in [0.15, 0.2) is 54.0 Å². The second-order valence-corrected chi connectivity index (χ2v) is 9.01. The second-order valence-electron chi connectivity index (χ2n) is 8.60. The molecule has 0 radical (unpaired) electrons. The smallest absolute Gasteiger partial charge is 0.0499 e. The van der Waals surface area contributed by atoms with Gasteiger partial charge in [-0.05, 0) is 68.7 Å². The molecule has 2 aromatic rings. The van der Waals surface area contributed by atoms with Gasteiger partial charge >= 0.3 is 0 Å². The molecule has 1 aliphatic carbocycles. The van der Waals surface area contributed by atoms with Crippen LogP contribution in [0.4, 0.5) is 0 Å². The monoisotopic (exact) mass is 421 g/mol. The third kappa shape index (κ3) is 4.48. The van der Waals surface area contributed by atoms with Gasteiger partial charge in [-0.3, -0.25) is 9.88 Å². The number of hydrogen-bond acceptors (Lipinski definition) is 3. The van der Waals surface area contributed by atoms with Crippen molar-refractivity contribution in [2.75, 3.05) is 13.1 Å². The molecule has 3 nitrogen and oxygen atoms in total. The Bertz CT molecular complexity index is 976. The highest BCUT2D eigenvalue weighted by atomic mass is 35.5. The highest BCUT2D eigenvalue weighted by Gasteiger charge is 2.28. The lowest BCUT2D eigenvalue weighted by Crippen LogP contribution is -2.45. The van der Waals surface area contributed by atoms with E-state index in [2.05, 4.69) is 60.4 Å². The Kier molecular flexibility index (Phi) is 6.60. The number of halogens is 1. The van der Waals surface area contributed by atoms with Crippen LogP contribution >= 0.6 is 11.6 Å². The lowest BCUT2D eigenvalue weighted by Gasteiger charge is -2.39. The van der Waals surface area contributed by atoms with E-state index in [0.717, 1.165) is 55.1 Å². The third-order valence-electron chi connectivity index (χ3n) is 6.57. The number of nitrogens with one attached hydrogen (secondary N) is 1. The Morgan fingerprint density at radius 3 is 2.87 bits per heavy atom. The minimum absolute atomic E-state index is 0.599. The largest absolute Gasteiger partial charge is 0.358 e. The van der Waals surface area contributed by atoms with Crippen molar-refractivity contribution in [3.8, 4) is 0 Å². The maximum atomic E-state index is 6.51. The molecule has 0 bridgehead atoms. The molecular formula is C26H32ClN3. The van der Waals surface area contributed by atoms with E-state index in [1.165, 1.54) is 34.4 Å². The van der Waals surface area contributed by atoms with Crippen molar-refractivity contribution in [1.29, 1.82) is 0 Å². The predicted octanol–water partition coefficient (Wildman–Crippen LogP) is 5.92. The van der Waals surface area contributed by atoms with Gasteiger partial charge in [0.15, 0.2) is 0 Å². The van der Waals surface area contributed by atoms with E-state index < -0.39 is 0 Å². The summed E-state index contributed by atoms with van der Waals surface area (Å²) >= 11 is 6.51. The highest BCUT2D eigenvalue weighted by molar-refractivity contribution is 6.32. The van der Waals surface area contributed by atoms with Gasteiger partial charge in [-0.1, -0.05) is 48.4 Å². The summed E-state index contributed by atoms with van der Waals surface area (Å²) < 4.78 is 0. The van der Waals surface area contributed by atoms with Crippen molar-refractivity contribution in [1.82, 2.24) is 15.2 Å². The van der Waals surface area contributed by atoms with Crippen molar-refractivity contribution in [2.45, 2.75) is 58.9 Å². The number of allylic oxidation sites excluding steroid dienone is 1. The van der Waals surface area contributed by atoms with Gasteiger partial charge in [0.1, 0.15) is 0 Å². The van der Waals surface area contributed by atoms with Gasteiger partial charge in [-0.25, -0.2) is 0 Å². The Morgan fingerprint density at radius 2 is 2.07 bits per heavy atom. The van der Waals surface area contributed by atoms with Crippen molar-refractivity contribution in [2.24, 2.45) is 0 Å². The maximum Gasteiger partial charge on any atom is 0.0499 e. The van der Waals surface area contributed by atoms with Crippen LogP contribution in [0.3, 0.4) is 0 Å². The van der Waals surface area contributed by atoms with Crippen LogP contribution in [-0.2, 0) is 12.8 Å². The van der Waals surface area contributed by atoms with Crippen molar-refractivity contribution < 1.29 is 0 Å². The van der Waals surface area contributed by atoms with Crippen LogP contribution in [-0.4, -0.2) is 29.0 Å². The first-order valence-corrected chi connectivity index (χ1v) is 11.5. The standard InChI is InChI=1S/C26H32ClN3/c1-4-7-25(22-8-5-6-9-24(22)27)29-26-17-30(13-12-18(26)2)21-11-10-20-16-28-15-19(3)23(20)14-21/h5-9,15-16,21,29H,4,10-14,17H2,1-3H3/b25-7+. The molecule has 4 rings (SSSR count). The molecule has 1 atom stereocenters. The fourth-order valence-corrected chi connectivity index (χ4v) is 4.98. The number of benzene rings is 1. The normalized spacial score (nSPS) is 20.3. The molecule has 158 valence electrons. The predicted molar refractivity (Wildman–Crippen MR) is 127 cm³/mol. The Hall–Kier alpha value is -2.10. The molecule has 1 aromatic heterocycles. The molecule has 1 aliphatic heterocycles. The van der Waals surface area contributed by atoms with Gasteiger partial charge in [0, 0.05) is 53.5 Å². The van der Waals surface area contributed by atoms with E-state index >= 15 is 0 Å².